The molecule has 3 aromatic rings. The second-order valence-corrected chi connectivity index (χ2v) is 8.47. The molecule has 0 unspecified atom stereocenters. The number of hydrogen-bond acceptors (Lipinski definition) is 8. The lowest BCUT2D eigenvalue weighted by atomic mass is 9.96. The maximum atomic E-state index is 5.54. The zero-order valence-corrected chi connectivity index (χ0v) is 17.6. The van der Waals surface area contributed by atoms with E-state index in [0.717, 1.165) is 40.0 Å². The number of nitrogens with zero attached hydrogens (tertiary/aromatic N) is 5. The van der Waals surface area contributed by atoms with E-state index in [4.69, 9.17) is 14.5 Å². The number of thioether (sulfide) groups is 1. The van der Waals surface area contributed by atoms with Gasteiger partial charge in [-0.05, 0) is 35.4 Å². The standard InChI is InChI=1S/C19H23N5O2S2/c1-25-16-10-6-9-15(17(16)26-2)18-20-13(11-27-18)12-28-19-21-22-23-24(19)14-7-4-3-5-8-14/h6,9-11,14H,3-5,7-8,12H2,1-2H3. The first-order valence-electron chi connectivity index (χ1n) is 9.36. The summed E-state index contributed by atoms with van der Waals surface area (Å²) in [4.78, 5) is 4.79. The third-order valence-electron chi connectivity index (χ3n) is 4.92. The number of ether oxygens (including phenoxy) is 2. The first kappa shape index (κ1) is 19.2. The van der Waals surface area contributed by atoms with Crippen LogP contribution in [-0.4, -0.2) is 39.4 Å². The zero-order chi connectivity index (χ0) is 19.3. The summed E-state index contributed by atoms with van der Waals surface area (Å²) in [5, 5.41) is 16.2. The molecule has 0 spiro atoms. The fourth-order valence-corrected chi connectivity index (χ4v) is 5.31. The minimum absolute atomic E-state index is 0.429. The second kappa shape index (κ2) is 8.91. The molecular weight excluding hydrogens is 394 g/mol. The van der Waals surface area contributed by atoms with Crippen molar-refractivity contribution in [1.29, 1.82) is 0 Å². The monoisotopic (exact) mass is 417 g/mol. The molecule has 9 heteroatoms. The van der Waals surface area contributed by atoms with E-state index in [1.165, 1.54) is 19.3 Å². The van der Waals surface area contributed by atoms with E-state index in [9.17, 15) is 0 Å². The Balaban J connectivity index is 1.48. The highest BCUT2D eigenvalue weighted by atomic mass is 32.2. The van der Waals surface area contributed by atoms with Crippen molar-refractivity contribution in [3.8, 4) is 22.1 Å². The molecule has 2 aromatic heterocycles. The number of thiazole rings is 1. The summed E-state index contributed by atoms with van der Waals surface area (Å²) in [7, 11) is 3.29. The van der Waals surface area contributed by atoms with Crippen LogP contribution in [0.4, 0.5) is 0 Å². The van der Waals surface area contributed by atoms with Crippen LogP contribution in [0.15, 0.2) is 28.7 Å². The SMILES string of the molecule is COc1cccc(-c2nc(CSc3nnnn3C3CCCCC3)cs2)c1OC. The molecule has 7 nitrogen and oxygen atoms in total. The van der Waals surface area contributed by atoms with E-state index in [0.29, 0.717) is 17.5 Å². The molecule has 0 amide bonds. The van der Waals surface area contributed by atoms with E-state index < -0.39 is 0 Å². The van der Waals surface area contributed by atoms with Crippen LogP contribution in [0, 0.1) is 0 Å². The van der Waals surface area contributed by atoms with E-state index in [2.05, 4.69) is 20.9 Å². The molecule has 1 fully saturated rings. The van der Waals surface area contributed by atoms with E-state index in [-0.39, 0.29) is 0 Å². The Hall–Kier alpha value is -2.13. The Bertz CT molecular complexity index is 921. The smallest absolute Gasteiger partial charge is 0.209 e. The van der Waals surface area contributed by atoms with Gasteiger partial charge in [-0.2, -0.15) is 0 Å². The molecule has 28 heavy (non-hydrogen) atoms. The molecular formula is C19H23N5O2S2. The third-order valence-corrected chi connectivity index (χ3v) is 6.81. The second-order valence-electron chi connectivity index (χ2n) is 6.67. The van der Waals surface area contributed by atoms with Gasteiger partial charge in [0.1, 0.15) is 5.01 Å². The summed E-state index contributed by atoms with van der Waals surface area (Å²) in [6.07, 6.45) is 6.15. The van der Waals surface area contributed by atoms with Gasteiger partial charge in [0.2, 0.25) is 5.16 Å². The van der Waals surface area contributed by atoms with Crippen molar-refractivity contribution >= 4 is 23.1 Å². The van der Waals surface area contributed by atoms with Gasteiger partial charge in [-0.3, -0.25) is 0 Å². The highest BCUT2D eigenvalue weighted by Crippen LogP contribution is 2.39. The van der Waals surface area contributed by atoms with Crippen molar-refractivity contribution in [1.82, 2.24) is 25.2 Å². The molecule has 0 aliphatic heterocycles. The van der Waals surface area contributed by atoms with Crippen LogP contribution < -0.4 is 9.47 Å². The van der Waals surface area contributed by atoms with Gasteiger partial charge >= 0.3 is 0 Å². The summed E-state index contributed by atoms with van der Waals surface area (Å²) in [5.74, 6) is 2.15. The van der Waals surface area contributed by atoms with Crippen molar-refractivity contribution in [2.75, 3.05) is 14.2 Å². The predicted molar refractivity (Wildman–Crippen MR) is 110 cm³/mol. The lowest BCUT2D eigenvalue weighted by Crippen LogP contribution is -2.15. The van der Waals surface area contributed by atoms with Gasteiger partial charge in [-0.1, -0.05) is 37.1 Å². The summed E-state index contributed by atoms with van der Waals surface area (Å²) >= 11 is 3.24. The van der Waals surface area contributed by atoms with Gasteiger partial charge < -0.3 is 9.47 Å². The lowest BCUT2D eigenvalue weighted by molar-refractivity contribution is 0.307. The lowest BCUT2D eigenvalue weighted by Gasteiger charge is -2.21. The molecule has 1 aromatic carbocycles. The highest BCUT2D eigenvalue weighted by Gasteiger charge is 2.21. The van der Waals surface area contributed by atoms with Crippen molar-refractivity contribution in [2.45, 2.75) is 49.1 Å². The van der Waals surface area contributed by atoms with Crippen LogP contribution in [0.3, 0.4) is 0 Å². The molecule has 0 N–H and O–H groups in total. The van der Waals surface area contributed by atoms with Gasteiger partial charge in [0.05, 0.1) is 31.5 Å². The molecule has 0 bridgehead atoms. The average Bonchev–Trinajstić information content (AvgIpc) is 3.41. The molecule has 1 aliphatic carbocycles. The summed E-state index contributed by atoms with van der Waals surface area (Å²) in [6, 6.07) is 6.27. The van der Waals surface area contributed by atoms with Gasteiger partial charge in [0.25, 0.3) is 0 Å². The minimum atomic E-state index is 0.429. The largest absolute Gasteiger partial charge is 0.493 e. The summed E-state index contributed by atoms with van der Waals surface area (Å²) < 4.78 is 12.9. The normalized spacial score (nSPS) is 14.9. The van der Waals surface area contributed by atoms with Gasteiger partial charge in [-0.15, -0.1) is 16.4 Å². The number of para-hydroxylation sites is 1. The molecule has 0 saturated heterocycles. The van der Waals surface area contributed by atoms with Crippen LogP contribution >= 0.6 is 23.1 Å². The van der Waals surface area contributed by atoms with E-state index in [1.54, 1.807) is 37.3 Å². The summed E-state index contributed by atoms with van der Waals surface area (Å²) in [5.41, 5.74) is 1.95. The van der Waals surface area contributed by atoms with Crippen LogP contribution in [0.1, 0.15) is 43.8 Å². The van der Waals surface area contributed by atoms with Gasteiger partial charge in [0.15, 0.2) is 11.5 Å². The highest BCUT2D eigenvalue weighted by molar-refractivity contribution is 7.98. The molecule has 148 valence electrons. The Labute approximate surface area is 172 Å². The zero-order valence-electron chi connectivity index (χ0n) is 16.0. The van der Waals surface area contributed by atoms with Crippen molar-refractivity contribution in [3.63, 3.8) is 0 Å². The summed E-state index contributed by atoms with van der Waals surface area (Å²) in [6.45, 7) is 0. The van der Waals surface area contributed by atoms with Crippen LogP contribution in [0.5, 0.6) is 11.5 Å². The number of tetrazole rings is 1. The molecule has 0 atom stereocenters. The number of aromatic nitrogens is 5. The molecule has 1 saturated carbocycles. The molecule has 4 rings (SSSR count). The first-order chi connectivity index (χ1) is 13.8. The maximum absolute atomic E-state index is 5.54. The molecule has 1 aliphatic rings. The average molecular weight is 418 g/mol. The maximum Gasteiger partial charge on any atom is 0.209 e. The molecule has 0 radical (unpaired) electrons. The molecule has 2 heterocycles. The van der Waals surface area contributed by atoms with Crippen molar-refractivity contribution < 1.29 is 9.47 Å². The topological polar surface area (TPSA) is 75.0 Å². The number of benzene rings is 1. The van der Waals surface area contributed by atoms with Crippen LogP contribution in [0.2, 0.25) is 0 Å². The Kier molecular flexibility index (Phi) is 6.11. The Morgan fingerprint density at radius 2 is 2.04 bits per heavy atom. The Morgan fingerprint density at radius 3 is 2.82 bits per heavy atom. The minimum Gasteiger partial charge on any atom is -0.493 e. The number of rotatable bonds is 7. The fraction of sp³-hybridized carbons (Fsp3) is 0.474. The number of methoxy groups -OCH3 is 2. The van der Waals surface area contributed by atoms with Gasteiger partial charge in [-0.25, -0.2) is 9.67 Å². The van der Waals surface area contributed by atoms with E-state index in [1.807, 2.05) is 22.9 Å². The van der Waals surface area contributed by atoms with Crippen molar-refractivity contribution in [2.24, 2.45) is 0 Å². The number of hydrogen-bond donors (Lipinski definition) is 0. The predicted octanol–water partition coefficient (Wildman–Crippen LogP) is 4.61. The quantitative estimate of drug-likeness (QED) is 0.520. The fourth-order valence-electron chi connectivity index (χ4n) is 3.53. The van der Waals surface area contributed by atoms with Gasteiger partial charge in [0, 0.05) is 11.1 Å². The third kappa shape index (κ3) is 4.00. The van der Waals surface area contributed by atoms with Crippen LogP contribution in [-0.2, 0) is 5.75 Å². The Morgan fingerprint density at radius 1 is 1.18 bits per heavy atom. The first-order valence-corrected chi connectivity index (χ1v) is 11.2. The van der Waals surface area contributed by atoms with Crippen LogP contribution in [0.25, 0.3) is 10.6 Å². The van der Waals surface area contributed by atoms with Crippen molar-refractivity contribution in [3.05, 3.63) is 29.3 Å². The van der Waals surface area contributed by atoms with E-state index >= 15 is 0 Å².